The van der Waals surface area contributed by atoms with E-state index in [1.165, 1.54) is 0 Å². The molecule has 0 radical (unpaired) electrons. The molecule has 1 saturated heterocycles. The molecule has 0 bridgehead atoms. The molecule has 1 fully saturated rings. The number of hydrogen-bond acceptors (Lipinski definition) is 7. The van der Waals surface area contributed by atoms with E-state index in [4.69, 9.17) is 0 Å². The zero-order valence-electron chi connectivity index (χ0n) is 11.4. The lowest BCUT2D eigenvalue weighted by Gasteiger charge is -2.35. The third kappa shape index (κ3) is 2.40. The van der Waals surface area contributed by atoms with Gasteiger partial charge in [-0.05, 0) is 12.1 Å². The first-order chi connectivity index (χ1) is 10.4. The highest BCUT2D eigenvalue weighted by atomic mass is 32.1. The minimum absolute atomic E-state index is 0.706. The summed E-state index contributed by atoms with van der Waals surface area (Å²) in [5, 5.41) is 3.12. The Morgan fingerprint density at radius 1 is 0.857 bits per heavy atom. The maximum atomic E-state index is 4.61. The van der Waals surface area contributed by atoms with Crippen LogP contribution in [0.25, 0.3) is 11.2 Å². The standard InChI is InChI=1S/C14H14N6S/c1-2-12(18-13-11(1)15-3-4-16-13)19-6-8-20(9-7-19)14-17-5-10-21-14/h1-5,10H,6-9H2. The van der Waals surface area contributed by atoms with Crippen LogP contribution in [0.4, 0.5) is 10.9 Å². The first kappa shape index (κ1) is 12.5. The topological polar surface area (TPSA) is 58.0 Å². The van der Waals surface area contributed by atoms with Crippen molar-refractivity contribution in [1.82, 2.24) is 19.9 Å². The third-order valence-electron chi connectivity index (χ3n) is 3.61. The van der Waals surface area contributed by atoms with Gasteiger partial charge in [-0.2, -0.15) is 0 Å². The van der Waals surface area contributed by atoms with E-state index in [0.717, 1.165) is 42.6 Å². The molecule has 0 unspecified atom stereocenters. The SMILES string of the molecule is c1csc(N2CCN(c3ccc4nccnc4n3)CC2)n1. The van der Waals surface area contributed by atoms with E-state index in [9.17, 15) is 0 Å². The van der Waals surface area contributed by atoms with Crippen LogP contribution in [0.15, 0.2) is 36.1 Å². The van der Waals surface area contributed by atoms with Gasteiger partial charge < -0.3 is 9.80 Å². The Morgan fingerprint density at radius 3 is 2.48 bits per heavy atom. The number of piperazine rings is 1. The Bertz CT molecular complexity index is 736. The van der Waals surface area contributed by atoms with Crippen molar-refractivity contribution in [3.05, 3.63) is 36.1 Å². The van der Waals surface area contributed by atoms with E-state index >= 15 is 0 Å². The molecular weight excluding hydrogens is 284 g/mol. The summed E-state index contributed by atoms with van der Waals surface area (Å²) >= 11 is 1.69. The summed E-state index contributed by atoms with van der Waals surface area (Å²) in [5.41, 5.74) is 1.54. The van der Waals surface area contributed by atoms with E-state index in [2.05, 4.69) is 29.7 Å². The summed E-state index contributed by atoms with van der Waals surface area (Å²) in [4.78, 5) is 22.1. The Hall–Kier alpha value is -2.28. The number of thiazole rings is 1. The van der Waals surface area contributed by atoms with Gasteiger partial charge in [-0.3, -0.25) is 4.98 Å². The highest BCUT2D eigenvalue weighted by Crippen LogP contribution is 2.21. The van der Waals surface area contributed by atoms with Gasteiger partial charge in [0.25, 0.3) is 0 Å². The molecule has 1 aliphatic rings. The molecule has 1 aliphatic heterocycles. The van der Waals surface area contributed by atoms with E-state index < -0.39 is 0 Å². The van der Waals surface area contributed by atoms with Crippen molar-refractivity contribution in [2.45, 2.75) is 0 Å². The highest BCUT2D eigenvalue weighted by Gasteiger charge is 2.19. The van der Waals surface area contributed by atoms with Crippen LogP contribution in [-0.4, -0.2) is 46.1 Å². The molecule has 0 atom stereocenters. The van der Waals surface area contributed by atoms with Crippen molar-refractivity contribution < 1.29 is 0 Å². The lowest BCUT2D eigenvalue weighted by atomic mass is 10.3. The molecule has 0 aromatic carbocycles. The van der Waals surface area contributed by atoms with Crippen LogP contribution in [0, 0.1) is 0 Å². The molecule has 4 rings (SSSR count). The van der Waals surface area contributed by atoms with Gasteiger partial charge in [0.2, 0.25) is 0 Å². The zero-order chi connectivity index (χ0) is 14.1. The fraction of sp³-hybridized carbons (Fsp3) is 0.286. The second kappa shape index (κ2) is 5.25. The quantitative estimate of drug-likeness (QED) is 0.719. The van der Waals surface area contributed by atoms with Crippen LogP contribution >= 0.6 is 11.3 Å². The molecule has 0 saturated carbocycles. The van der Waals surface area contributed by atoms with Crippen LogP contribution in [0.2, 0.25) is 0 Å². The van der Waals surface area contributed by atoms with E-state index in [0.29, 0.717) is 5.65 Å². The molecule has 0 spiro atoms. The normalized spacial score (nSPS) is 15.6. The van der Waals surface area contributed by atoms with Gasteiger partial charge in [0.05, 0.1) is 0 Å². The van der Waals surface area contributed by atoms with E-state index in [-0.39, 0.29) is 0 Å². The fourth-order valence-corrected chi connectivity index (χ4v) is 3.22. The number of rotatable bonds is 2. The first-order valence-electron chi connectivity index (χ1n) is 6.87. The molecule has 0 N–H and O–H groups in total. The maximum absolute atomic E-state index is 4.61. The van der Waals surface area contributed by atoms with Crippen LogP contribution in [0.5, 0.6) is 0 Å². The lowest BCUT2D eigenvalue weighted by molar-refractivity contribution is 0.647. The fourth-order valence-electron chi connectivity index (χ4n) is 2.52. The Balaban J connectivity index is 1.52. The predicted molar refractivity (Wildman–Crippen MR) is 83.9 cm³/mol. The van der Waals surface area contributed by atoms with Crippen molar-refractivity contribution in [3.63, 3.8) is 0 Å². The van der Waals surface area contributed by atoms with Crippen LogP contribution in [-0.2, 0) is 0 Å². The maximum Gasteiger partial charge on any atom is 0.185 e. The average molecular weight is 298 g/mol. The Labute approximate surface area is 126 Å². The van der Waals surface area contributed by atoms with E-state index in [1.807, 2.05) is 23.7 Å². The second-order valence-corrected chi connectivity index (χ2v) is 5.73. The van der Waals surface area contributed by atoms with Gasteiger partial charge in [-0.25, -0.2) is 15.0 Å². The monoisotopic (exact) mass is 298 g/mol. The number of pyridine rings is 1. The molecule has 3 aromatic heterocycles. The van der Waals surface area contributed by atoms with Gasteiger partial charge in [-0.15, -0.1) is 11.3 Å². The van der Waals surface area contributed by atoms with Crippen molar-refractivity contribution in [2.24, 2.45) is 0 Å². The molecule has 4 heterocycles. The molecule has 7 heteroatoms. The highest BCUT2D eigenvalue weighted by molar-refractivity contribution is 7.13. The van der Waals surface area contributed by atoms with Gasteiger partial charge in [-0.1, -0.05) is 0 Å². The molecule has 6 nitrogen and oxygen atoms in total. The molecular formula is C14H14N6S. The van der Waals surface area contributed by atoms with Gasteiger partial charge in [0, 0.05) is 50.1 Å². The van der Waals surface area contributed by atoms with Crippen LogP contribution < -0.4 is 9.80 Å². The summed E-state index contributed by atoms with van der Waals surface area (Å²) in [6.45, 7) is 3.82. The number of aromatic nitrogens is 4. The number of fused-ring (bicyclic) bond motifs is 1. The third-order valence-corrected chi connectivity index (χ3v) is 4.44. The smallest absolute Gasteiger partial charge is 0.185 e. The molecule has 3 aromatic rings. The average Bonchev–Trinajstić information content (AvgIpc) is 3.09. The zero-order valence-corrected chi connectivity index (χ0v) is 12.2. The van der Waals surface area contributed by atoms with Crippen LogP contribution in [0.3, 0.4) is 0 Å². The number of anilines is 2. The molecule has 0 aliphatic carbocycles. The molecule has 21 heavy (non-hydrogen) atoms. The molecule has 0 amide bonds. The van der Waals surface area contributed by atoms with Crippen molar-refractivity contribution in [2.75, 3.05) is 36.0 Å². The summed E-state index contributed by atoms with van der Waals surface area (Å²) in [6, 6.07) is 4.01. The first-order valence-corrected chi connectivity index (χ1v) is 7.75. The number of nitrogens with zero attached hydrogens (tertiary/aromatic N) is 6. The van der Waals surface area contributed by atoms with Crippen molar-refractivity contribution >= 4 is 33.5 Å². The Kier molecular flexibility index (Phi) is 3.11. The Morgan fingerprint density at radius 2 is 1.67 bits per heavy atom. The summed E-state index contributed by atoms with van der Waals surface area (Å²) in [5.74, 6) is 0.974. The number of hydrogen-bond donors (Lipinski definition) is 0. The van der Waals surface area contributed by atoms with Gasteiger partial charge >= 0.3 is 0 Å². The predicted octanol–water partition coefficient (Wildman–Crippen LogP) is 1.81. The summed E-state index contributed by atoms with van der Waals surface area (Å²) in [7, 11) is 0. The largest absolute Gasteiger partial charge is 0.353 e. The van der Waals surface area contributed by atoms with Gasteiger partial charge in [0.1, 0.15) is 11.3 Å². The van der Waals surface area contributed by atoms with Crippen molar-refractivity contribution in [3.8, 4) is 0 Å². The molecule has 106 valence electrons. The minimum Gasteiger partial charge on any atom is -0.353 e. The summed E-state index contributed by atoms with van der Waals surface area (Å²) in [6.07, 6.45) is 5.23. The van der Waals surface area contributed by atoms with E-state index in [1.54, 1.807) is 23.7 Å². The van der Waals surface area contributed by atoms with Crippen molar-refractivity contribution in [1.29, 1.82) is 0 Å². The lowest BCUT2D eigenvalue weighted by Crippen LogP contribution is -2.46. The summed E-state index contributed by atoms with van der Waals surface area (Å²) < 4.78 is 0. The van der Waals surface area contributed by atoms with Crippen LogP contribution in [0.1, 0.15) is 0 Å². The second-order valence-electron chi connectivity index (χ2n) is 4.86. The minimum atomic E-state index is 0.706. The van der Waals surface area contributed by atoms with Gasteiger partial charge in [0.15, 0.2) is 10.8 Å².